The van der Waals surface area contributed by atoms with Crippen molar-refractivity contribution in [3.63, 3.8) is 0 Å². The third kappa shape index (κ3) is 2.53. The lowest BCUT2D eigenvalue weighted by atomic mass is 10.2. The Hall–Kier alpha value is -3.43. The molecule has 2 aromatic heterocycles. The molecule has 0 spiro atoms. The maximum absolute atomic E-state index is 12.3. The van der Waals surface area contributed by atoms with Crippen molar-refractivity contribution < 1.29 is 14.3 Å². The highest BCUT2D eigenvalue weighted by Gasteiger charge is 2.15. The number of aromatic nitrogens is 5. The maximum atomic E-state index is 12.3. The lowest BCUT2D eigenvalue weighted by Gasteiger charge is -2.09. The Morgan fingerprint density at radius 3 is 2.67 bits per heavy atom. The van der Waals surface area contributed by atoms with E-state index in [1.165, 1.54) is 25.2 Å². The third-order valence-electron chi connectivity index (χ3n) is 3.37. The summed E-state index contributed by atoms with van der Waals surface area (Å²) in [5, 5.41) is 7.81. The Morgan fingerprint density at radius 2 is 2.00 bits per heavy atom. The number of nitrogens with two attached hydrogens (primary N) is 1. The fraction of sp³-hybridized carbons (Fsp3) is 0.214. The molecular formula is C14H14N6O4. The number of carbonyl (C=O) groups excluding carboxylic acids is 1. The molecule has 0 aliphatic rings. The first-order valence-corrected chi connectivity index (χ1v) is 6.86. The Morgan fingerprint density at radius 1 is 1.25 bits per heavy atom. The van der Waals surface area contributed by atoms with Crippen molar-refractivity contribution in [2.75, 3.05) is 14.2 Å². The molecule has 0 saturated heterocycles. The number of primary amides is 1. The Labute approximate surface area is 135 Å². The quantitative estimate of drug-likeness (QED) is 0.666. The third-order valence-corrected chi connectivity index (χ3v) is 3.37. The summed E-state index contributed by atoms with van der Waals surface area (Å²) in [4.78, 5) is 27.4. The smallest absolute Gasteiger partial charge is 0.284 e. The van der Waals surface area contributed by atoms with Gasteiger partial charge in [-0.1, -0.05) is 5.21 Å². The van der Waals surface area contributed by atoms with E-state index in [1.807, 2.05) is 0 Å². The molecule has 0 aliphatic carbocycles. The van der Waals surface area contributed by atoms with Crippen molar-refractivity contribution in [3.8, 4) is 17.2 Å². The molecule has 0 saturated carbocycles. The predicted molar refractivity (Wildman–Crippen MR) is 83.2 cm³/mol. The van der Waals surface area contributed by atoms with Gasteiger partial charge in [-0.25, -0.2) is 4.98 Å². The van der Waals surface area contributed by atoms with Crippen LogP contribution in [-0.2, 0) is 11.3 Å². The molecule has 0 fully saturated rings. The number of rotatable bonds is 5. The summed E-state index contributed by atoms with van der Waals surface area (Å²) in [6.45, 7) is -0.273. The van der Waals surface area contributed by atoms with Gasteiger partial charge in [-0.2, -0.15) is 4.68 Å². The predicted octanol–water partition coefficient (Wildman–Crippen LogP) is -0.520. The van der Waals surface area contributed by atoms with Crippen LogP contribution in [0.25, 0.3) is 16.9 Å². The van der Waals surface area contributed by atoms with Crippen molar-refractivity contribution in [2.24, 2.45) is 5.73 Å². The first-order valence-electron chi connectivity index (χ1n) is 6.86. The van der Waals surface area contributed by atoms with Gasteiger partial charge >= 0.3 is 0 Å². The lowest BCUT2D eigenvalue weighted by Crippen LogP contribution is -2.28. The summed E-state index contributed by atoms with van der Waals surface area (Å²) in [7, 11) is 3.05. The highest BCUT2D eigenvalue weighted by Crippen LogP contribution is 2.29. The van der Waals surface area contributed by atoms with Gasteiger partial charge in [-0.15, -0.1) is 5.10 Å². The molecule has 3 rings (SSSR count). The van der Waals surface area contributed by atoms with Crippen LogP contribution < -0.4 is 20.8 Å². The number of benzene rings is 1. The second-order valence-electron chi connectivity index (χ2n) is 4.86. The van der Waals surface area contributed by atoms with Gasteiger partial charge in [-0.05, 0) is 12.1 Å². The number of carbonyl (C=O) groups is 1. The van der Waals surface area contributed by atoms with Gasteiger partial charge in [0.25, 0.3) is 5.56 Å². The van der Waals surface area contributed by atoms with Gasteiger partial charge in [0.15, 0.2) is 22.7 Å². The highest BCUT2D eigenvalue weighted by atomic mass is 16.5. The summed E-state index contributed by atoms with van der Waals surface area (Å²) in [6, 6.07) is 5.12. The van der Waals surface area contributed by atoms with Crippen molar-refractivity contribution in [2.45, 2.75) is 6.54 Å². The fourth-order valence-electron chi connectivity index (χ4n) is 2.26. The van der Waals surface area contributed by atoms with Crippen LogP contribution in [0.15, 0.2) is 29.3 Å². The Bertz CT molecular complexity index is 977. The van der Waals surface area contributed by atoms with Crippen LogP contribution in [0.5, 0.6) is 11.5 Å². The van der Waals surface area contributed by atoms with Gasteiger partial charge < -0.3 is 15.2 Å². The number of nitrogens with zero attached hydrogens (tertiary/aromatic N) is 5. The molecule has 0 unspecified atom stereocenters. The summed E-state index contributed by atoms with van der Waals surface area (Å²) in [5.74, 6) is 0.411. The van der Waals surface area contributed by atoms with Crippen LogP contribution in [0, 0.1) is 0 Å². The van der Waals surface area contributed by atoms with Crippen LogP contribution in [0.2, 0.25) is 0 Å². The summed E-state index contributed by atoms with van der Waals surface area (Å²) in [5.41, 5.74) is 5.49. The molecule has 0 radical (unpaired) electrons. The van der Waals surface area contributed by atoms with E-state index >= 15 is 0 Å². The van der Waals surface area contributed by atoms with E-state index in [4.69, 9.17) is 15.2 Å². The van der Waals surface area contributed by atoms with E-state index in [2.05, 4.69) is 15.3 Å². The van der Waals surface area contributed by atoms with Crippen molar-refractivity contribution in [3.05, 3.63) is 34.9 Å². The first kappa shape index (κ1) is 15.5. The van der Waals surface area contributed by atoms with Gasteiger partial charge in [0.05, 0.1) is 19.9 Å². The number of amides is 1. The average Bonchev–Trinajstić information content (AvgIpc) is 3.01. The number of ether oxygens (including phenoxy) is 2. The zero-order valence-corrected chi connectivity index (χ0v) is 13.0. The van der Waals surface area contributed by atoms with E-state index < -0.39 is 11.5 Å². The van der Waals surface area contributed by atoms with E-state index in [1.54, 1.807) is 18.2 Å². The van der Waals surface area contributed by atoms with Crippen molar-refractivity contribution in [1.82, 2.24) is 24.5 Å². The van der Waals surface area contributed by atoms with Crippen LogP contribution in [0.1, 0.15) is 0 Å². The normalized spacial score (nSPS) is 10.8. The standard InChI is InChI=1S/C14H14N6O4/c1-23-9-4-3-8(5-10(9)24-2)20-13-12(17-18-20)14(22)19(7-16-13)6-11(15)21/h3-5,7H,6H2,1-2H3,(H2,15,21). The topological polar surface area (TPSA) is 127 Å². The minimum absolute atomic E-state index is 0.0357. The van der Waals surface area contributed by atoms with Crippen molar-refractivity contribution >= 4 is 17.1 Å². The Balaban J connectivity index is 2.13. The van der Waals surface area contributed by atoms with E-state index in [0.717, 1.165) is 4.57 Å². The Kier molecular flexibility index (Phi) is 3.86. The molecule has 0 bridgehead atoms. The van der Waals surface area contributed by atoms with Crippen LogP contribution in [0.4, 0.5) is 0 Å². The number of hydrogen-bond donors (Lipinski definition) is 1. The minimum atomic E-state index is -0.648. The molecule has 1 aromatic carbocycles. The molecule has 24 heavy (non-hydrogen) atoms. The number of hydrogen-bond acceptors (Lipinski definition) is 7. The van der Waals surface area contributed by atoms with Crippen LogP contribution in [-0.4, -0.2) is 44.7 Å². The monoisotopic (exact) mass is 330 g/mol. The molecule has 2 N–H and O–H groups in total. The fourth-order valence-corrected chi connectivity index (χ4v) is 2.26. The molecule has 1 amide bonds. The van der Waals surface area contributed by atoms with E-state index in [-0.39, 0.29) is 17.7 Å². The van der Waals surface area contributed by atoms with Crippen LogP contribution in [0.3, 0.4) is 0 Å². The lowest BCUT2D eigenvalue weighted by molar-refractivity contribution is -0.118. The van der Waals surface area contributed by atoms with Crippen molar-refractivity contribution in [1.29, 1.82) is 0 Å². The second-order valence-corrected chi connectivity index (χ2v) is 4.86. The van der Waals surface area contributed by atoms with Gasteiger partial charge in [0.1, 0.15) is 12.9 Å². The zero-order valence-electron chi connectivity index (χ0n) is 13.0. The van der Waals surface area contributed by atoms with Gasteiger partial charge in [-0.3, -0.25) is 14.2 Å². The zero-order chi connectivity index (χ0) is 17.3. The first-order chi connectivity index (χ1) is 11.5. The van der Waals surface area contributed by atoms with Crippen LogP contribution >= 0.6 is 0 Å². The maximum Gasteiger partial charge on any atom is 0.284 e. The van der Waals surface area contributed by atoms with E-state index in [9.17, 15) is 9.59 Å². The minimum Gasteiger partial charge on any atom is -0.493 e. The molecular weight excluding hydrogens is 316 g/mol. The molecule has 10 heteroatoms. The second kappa shape index (κ2) is 5.99. The molecule has 2 heterocycles. The molecule has 0 aliphatic heterocycles. The molecule has 0 atom stereocenters. The number of methoxy groups -OCH3 is 2. The molecule has 3 aromatic rings. The van der Waals surface area contributed by atoms with Gasteiger partial charge in [0, 0.05) is 6.07 Å². The average molecular weight is 330 g/mol. The molecule has 124 valence electrons. The van der Waals surface area contributed by atoms with E-state index in [0.29, 0.717) is 17.2 Å². The SMILES string of the molecule is COc1ccc(-n2nnc3c(=O)n(CC(N)=O)cnc32)cc1OC. The summed E-state index contributed by atoms with van der Waals surface area (Å²) < 4.78 is 12.9. The number of fused-ring (bicyclic) bond motifs is 1. The summed E-state index contributed by atoms with van der Waals surface area (Å²) in [6.07, 6.45) is 1.23. The molecule has 10 nitrogen and oxygen atoms in total. The largest absolute Gasteiger partial charge is 0.493 e. The highest BCUT2D eigenvalue weighted by molar-refractivity contribution is 5.75. The van der Waals surface area contributed by atoms with Gasteiger partial charge in [0.2, 0.25) is 5.91 Å². The summed E-state index contributed by atoms with van der Waals surface area (Å²) >= 11 is 0.